The number of ether oxygens (including phenoxy) is 2. The summed E-state index contributed by atoms with van der Waals surface area (Å²) >= 11 is 0. The standard InChI is InChI=1S/C17H13F4NO3/c18-16(19)24-13-7-3-1-5-11(13)9-10-15(23)22-12-6-2-4-8-14(12)25-17(20)21/h1-10,16-17H,(H,22,23)/b10-9+. The molecule has 0 heterocycles. The summed E-state index contributed by atoms with van der Waals surface area (Å²) in [5.41, 5.74) is 0.310. The van der Waals surface area contributed by atoms with Crippen LogP contribution in [-0.4, -0.2) is 19.1 Å². The van der Waals surface area contributed by atoms with E-state index >= 15 is 0 Å². The number of alkyl halides is 4. The molecule has 4 nitrogen and oxygen atoms in total. The summed E-state index contributed by atoms with van der Waals surface area (Å²) < 4.78 is 58.0. The van der Waals surface area contributed by atoms with Crippen LogP contribution in [0.3, 0.4) is 0 Å². The van der Waals surface area contributed by atoms with Gasteiger partial charge < -0.3 is 14.8 Å². The van der Waals surface area contributed by atoms with Crippen LogP contribution < -0.4 is 14.8 Å². The molecule has 8 heteroatoms. The normalized spacial score (nSPS) is 11.1. The molecule has 132 valence electrons. The van der Waals surface area contributed by atoms with Gasteiger partial charge in [-0.15, -0.1) is 0 Å². The van der Waals surface area contributed by atoms with Gasteiger partial charge in [-0.3, -0.25) is 4.79 Å². The number of hydrogen-bond acceptors (Lipinski definition) is 3. The molecular weight excluding hydrogens is 342 g/mol. The number of nitrogens with one attached hydrogen (secondary N) is 1. The Kier molecular flexibility index (Phi) is 6.39. The van der Waals surface area contributed by atoms with Crippen molar-refractivity contribution in [2.75, 3.05) is 5.32 Å². The van der Waals surface area contributed by atoms with Crippen LogP contribution in [0.2, 0.25) is 0 Å². The first-order valence-corrected chi connectivity index (χ1v) is 7.02. The van der Waals surface area contributed by atoms with Crippen molar-refractivity contribution in [3.8, 4) is 11.5 Å². The maximum atomic E-state index is 12.3. The van der Waals surface area contributed by atoms with Crippen molar-refractivity contribution in [1.29, 1.82) is 0 Å². The Morgan fingerprint density at radius 2 is 1.44 bits per heavy atom. The van der Waals surface area contributed by atoms with Gasteiger partial charge in [0, 0.05) is 11.6 Å². The molecule has 1 amide bonds. The van der Waals surface area contributed by atoms with Crippen molar-refractivity contribution in [3.63, 3.8) is 0 Å². The molecule has 25 heavy (non-hydrogen) atoms. The lowest BCUT2D eigenvalue weighted by Crippen LogP contribution is -2.11. The van der Waals surface area contributed by atoms with Gasteiger partial charge in [0.1, 0.15) is 11.5 Å². The molecule has 0 unspecified atom stereocenters. The molecule has 0 radical (unpaired) electrons. The zero-order chi connectivity index (χ0) is 18.2. The van der Waals surface area contributed by atoms with Crippen LogP contribution in [0.4, 0.5) is 23.2 Å². The second-order valence-electron chi connectivity index (χ2n) is 4.61. The van der Waals surface area contributed by atoms with Crippen LogP contribution in [0.15, 0.2) is 54.6 Å². The highest BCUT2D eigenvalue weighted by molar-refractivity contribution is 6.02. The van der Waals surface area contributed by atoms with Crippen LogP contribution in [0.5, 0.6) is 11.5 Å². The Bertz CT molecular complexity index is 750. The van der Waals surface area contributed by atoms with Crippen LogP contribution in [0.1, 0.15) is 5.56 Å². The highest BCUT2D eigenvalue weighted by Crippen LogP contribution is 2.26. The highest BCUT2D eigenvalue weighted by Gasteiger charge is 2.11. The minimum Gasteiger partial charge on any atom is -0.434 e. The molecule has 1 N–H and O–H groups in total. The summed E-state index contributed by atoms with van der Waals surface area (Å²) in [7, 11) is 0. The van der Waals surface area contributed by atoms with Crippen LogP contribution >= 0.6 is 0 Å². The van der Waals surface area contributed by atoms with E-state index < -0.39 is 19.1 Å². The Labute approximate surface area is 140 Å². The zero-order valence-corrected chi connectivity index (χ0v) is 12.7. The van der Waals surface area contributed by atoms with Crippen LogP contribution in [0, 0.1) is 0 Å². The lowest BCUT2D eigenvalue weighted by Gasteiger charge is -2.10. The largest absolute Gasteiger partial charge is 0.434 e. The van der Waals surface area contributed by atoms with Gasteiger partial charge >= 0.3 is 13.2 Å². The summed E-state index contributed by atoms with van der Waals surface area (Å²) in [6, 6.07) is 11.6. The Hall–Kier alpha value is -3.03. The highest BCUT2D eigenvalue weighted by atomic mass is 19.3. The van der Waals surface area contributed by atoms with Crippen molar-refractivity contribution in [2.45, 2.75) is 13.2 Å². The molecule has 0 aliphatic rings. The van der Waals surface area contributed by atoms with E-state index in [4.69, 9.17) is 0 Å². The first-order chi connectivity index (χ1) is 12.0. The molecule has 0 bridgehead atoms. The lowest BCUT2D eigenvalue weighted by atomic mass is 10.2. The van der Waals surface area contributed by atoms with Crippen molar-refractivity contribution in [2.24, 2.45) is 0 Å². The number of hydrogen-bond donors (Lipinski definition) is 1. The minimum absolute atomic E-state index is 0.0505. The number of anilines is 1. The third-order valence-corrected chi connectivity index (χ3v) is 2.91. The maximum Gasteiger partial charge on any atom is 0.387 e. The molecule has 0 aliphatic carbocycles. The Balaban J connectivity index is 2.10. The van der Waals surface area contributed by atoms with Gasteiger partial charge in [-0.05, 0) is 24.3 Å². The van der Waals surface area contributed by atoms with Crippen molar-refractivity contribution in [1.82, 2.24) is 0 Å². The summed E-state index contributed by atoms with van der Waals surface area (Å²) in [5.74, 6) is -0.944. The molecule has 0 saturated heterocycles. The van der Waals surface area contributed by atoms with E-state index in [2.05, 4.69) is 14.8 Å². The predicted octanol–water partition coefficient (Wildman–Crippen LogP) is 4.54. The number of amides is 1. The van der Waals surface area contributed by atoms with E-state index in [9.17, 15) is 22.4 Å². The average Bonchev–Trinajstić information content (AvgIpc) is 2.55. The van der Waals surface area contributed by atoms with E-state index in [1.807, 2.05) is 0 Å². The van der Waals surface area contributed by atoms with E-state index in [1.165, 1.54) is 48.5 Å². The van der Waals surface area contributed by atoms with Crippen molar-refractivity contribution in [3.05, 3.63) is 60.2 Å². The van der Waals surface area contributed by atoms with Gasteiger partial charge in [-0.1, -0.05) is 30.3 Å². The van der Waals surface area contributed by atoms with Crippen LogP contribution in [-0.2, 0) is 4.79 Å². The fourth-order valence-electron chi connectivity index (χ4n) is 1.93. The van der Waals surface area contributed by atoms with E-state index in [1.54, 1.807) is 6.07 Å². The number of halogens is 4. The molecule has 0 saturated carbocycles. The van der Waals surface area contributed by atoms with E-state index in [-0.39, 0.29) is 22.7 Å². The summed E-state index contributed by atoms with van der Waals surface area (Å²) in [6.45, 7) is -6.03. The number of benzene rings is 2. The number of carbonyl (C=O) groups excluding carboxylic acids is 1. The Morgan fingerprint density at radius 1 is 0.880 bits per heavy atom. The van der Waals surface area contributed by atoms with Gasteiger partial charge in [-0.25, -0.2) is 0 Å². The first kappa shape index (κ1) is 18.3. The topological polar surface area (TPSA) is 47.6 Å². The zero-order valence-electron chi connectivity index (χ0n) is 12.7. The molecule has 0 atom stereocenters. The summed E-state index contributed by atoms with van der Waals surface area (Å²) in [4.78, 5) is 11.9. The average molecular weight is 355 g/mol. The quantitative estimate of drug-likeness (QED) is 0.586. The second kappa shape index (κ2) is 8.72. The fraction of sp³-hybridized carbons (Fsp3) is 0.118. The summed E-state index contributed by atoms with van der Waals surface area (Å²) in [6.07, 6.45) is 2.33. The number of para-hydroxylation sites is 3. The molecule has 2 aromatic rings. The Morgan fingerprint density at radius 3 is 2.12 bits per heavy atom. The van der Waals surface area contributed by atoms with Gasteiger partial charge in [-0.2, -0.15) is 17.6 Å². The second-order valence-corrected chi connectivity index (χ2v) is 4.61. The van der Waals surface area contributed by atoms with Crippen LogP contribution in [0.25, 0.3) is 6.08 Å². The smallest absolute Gasteiger partial charge is 0.387 e. The van der Waals surface area contributed by atoms with E-state index in [0.29, 0.717) is 0 Å². The van der Waals surface area contributed by atoms with Gasteiger partial charge in [0.2, 0.25) is 5.91 Å². The van der Waals surface area contributed by atoms with Gasteiger partial charge in [0.25, 0.3) is 0 Å². The molecule has 0 aromatic heterocycles. The van der Waals surface area contributed by atoms with Crippen molar-refractivity contribution < 1.29 is 31.8 Å². The molecule has 0 aliphatic heterocycles. The third-order valence-electron chi connectivity index (χ3n) is 2.91. The number of carbonyl (C=O) groups is 1. The molecular formula is C17H13F4NO3. The lowest BCUT2D eigenvalue weighted by molar-refractivity contribution is -0.111. The maximum absolute atomic E-state index is 12.3. The summed E-state index contributed by atoms with van der Waals surface area (Å²) in [5, 5.41) is 2.37. The molecule has 2 aromatic carbocycles. The van der Waals surface area contributed by atoms with Gasteiger partial charge in [0.15, 0.2) is 0 Å². The SMILES string of the molecule is O=C(/C=C/c1ccccc1OC(F)F)Nc1ccccc1OC(F)F. The minimum atomic E-state index is -3.04. The fourth-order valence-corrected chi connectivity index (χ4v) is 1.93. The number of rotatable bonds is 7. The van der Waals surface area contributed by atoms with Gasteiger partial charge in [0.05, 0.1) is 5.69 Å². The van der Waals surface area contributed by atoms with E-state index in [0.717, 1.165) is 6.08 Å². The van der Waals surface area contributed by atoms with Crippen molar-refractivity contribution >= 4 is 17.7 Å². The molecule has 0 fully saturated rings. The third kappa shape index (κ3) is 5.83. The monoisotopic (exact) mass is 355 g/mol. The molecule has 0 spiro atoms. The first-order valence-electron chi connectivity index (χ1n) is 7.02. The predicted molar refractivity (Wildman–Crippen MR) is 83.8 cm³/mol. The molecule has 2 rings (SSSR count).